The summed E-state index contributed by atoms with van der Waals surface area (Å²) in [5.74, 6) is -0.795. The molecule has 0 unspecified atom stereocenters. The molecular formula is C11H21NO4S. The van der Waals surface area contributed by atoms with E-state index in [-0.39, 0.29) is 11.7 Å². The molecule has 5 nitrogen and oxygen atoms in total. The van der Waals surface area contributed by atoms with Crippen LogP contribution in [0.2, 0.25) is 0 Å². The van der Waals surface area contributed by atoms with Crippen LogP contribution in [0, 0.1) is 0 Å². The van der Waals surface area contributed by atoms with E-state index in [1.54, 1.807) is 0 Å². The fraction of sp³-hybridized carbons (Fsp3) is 0.909. The molecule has 0 atom stereocenters. The first kappa shape index (κ1) is 14.4. The quantitative estimate of drug-likeness (QED) is 0.650. The van der Waals surface area contributed by atoms with E-state index in [0.29, 0.717) is 19.4 Å². The lowest BCUT2D eigenvalue weighted by atomic mass is 10.2. The largest absolute Gasteiger partial charge is 0.481 e. The van der Waals surface area contributed by atoms with Gasteiger partial charge in [-0.3, -0.25) is 4.79 Å². The van der Waals surface area contributed by atoms with Crippen LogP contribution in [-0.4, -0.2) is 31.3 Å². The first-order valence-electron chi connectivity index (χ1n) is 6.22. The maximum absolute atomic E-state index is 11.8. The van der Waals surface area contributed by atoms with Gasteiger partial charge < -0.3 is 5.11 Å². The Labute approximate surface area is 103 Å². The third-order valence-corrected chi connectivity index (χ3v) is 5.07. The van der Waals surface area contributed by atoms with Crippen molar-refractivity contribution in [1.29, 1.82) is 0 Å². The van der Waals surface area contributed by atoms with Crippen molar-refractivity contribution >= 4 is 16.0 Å². The number of carboxylic acid groups (broad SMARTS) is 1. The molecule has 0 radical (unpaired) electrons. The molecule has 17 heavy (non-hydrogen) atoms. The van der Waals surface area contributed by atoms with E-state index in [1.807, 2.05) is 0 Å². The van der Waals surface area contributed by atoms with Gasteiger partial charge >= 0.3 is 5.97 Å². The first-order chi connectivity index (χ1) is 8.02. The summed E-state index contributed by atoms with van der Waals surface area (Å²) < 4.78 is 26.2. The topological polar surface area (TPSA) is 83.5 Å². The SMILES string of the molecule is O=C(O)CCCCCNS(=O)(=O)C1CCCC1. The highest BCUT2D eigenvalue weighted by Crippen LogP contribution is 2.23. The maximum Gasteiger partial charge on any atom is 0.303 e. The number of aliphatic carboxylic acids is 1. The van der Waals surface area contributed by atoms with E-state index in [2.05, 4.69) is 4.72 Å². The minimum Gasteiger partial charge on any atom is -0.481 e. The molecule has 0 saturated heterocycles. The van der Waals surface area contributed by atoms with Crippen LogP contribution in [0.25, 0.3) is 0 Å². The van der Waals surface area contributed by atoms with Crippen LogP contribution in [0.4, 0.5) is 0 Å². The third-order valence-electron chi connectivity index (χ3n) is 3.11. The summed E-state index contributed by atoms with van der Waals surface area (Å²) >= 11 is 0. The predicted octanol–water partition coefficient (Wildman–Crippen LogP) is 1.49. The fourth-order valence-corrected chi connectivity index (χ4v) is 3.73. The van der Waals surface area contributed by atoms with Gasteiger partial charge in [-0.2, -0.15) is 0 Å². The number of rotatable bonds is 8. The van der Waals surface area contributed by atoms with Crippen LogP contribution in [-0.2, 0) is 14.8 Å². The van der Waals surface area contributed by atoms with Gasteiger partial charge in [0.2, 0.25) is 10.0 Å². The van der Waals surface area contributed by atoms with Crippen LogP contribution in [0.3, 0.4) is 0 Å². The zero-order valence-corrected chi connectivity index (χ0v) is 10.8. The fourth-order valence-electron chi connectivity index (χ4n) is 2.11. The summed E-state index contributed by atoms with van der Waals surface area (Å²) in [5, 5.41) is 8.22. The average molecular weight is 263 g/mol. The first-order valence-corrected chi connectivity index (χ1v) is 7.77. The Kier molecular flexibility index (Phi) is 5.91. The average Bonchev–Trinajstić information content (AvgIpc) is 2.76. The van der Waals surface area contributed by atoms with Crippen molar-refractivity contribution in [1.82, 2.24) is 4.72 Å². The lowest BCUT2D eigenvalue weighted by molar-refractivity contribution is -0.137. The Bertz CT molecular complexity index is 333. The second-order valence-electron chi connectivity index (χ2n) is 4.55. The number of hydrogen-bond acceptors (Lipinski definition) is 3. The Morgan fingerprint density at radius 3 is 2.41 bits per heavy atom. The van der Waals surface area contributed by atoms with Crippen LogP contribution in [0.5, 0.6) is 0 Å². The van der Waals surface area contributed by atoms with Crippen molar-refractivity contribution in [2.24, 2.45) is 0 Å². The van der Waals surface area contributed by atoms with Crippen LogP contribution in [0.15, 0.2) is 0 Å². The third kappa shape index (κ3) is 5.50. The molecule has 0 aromatic rings. The second-order valence-corrected chi connectivity index (χ2v) is 6.60. The number of unbranched alkanes of at least 4 members (excludes halogenated alkanes) is 2. The Morgan fingerprint density at radius 1 is 1.18 bits per heavy atom. The monoisotopic (exact) mass is 263 g/mol. The predicted molar refractivity (Wildman–Crippen MR) is 65.3 cm³/mol. The number of carbonyl (C=O) groups is 1. The lowest BCUT2D eigenvalue weighted by Gasteiger charge is -2.11. The Balaban J connectivity index is 2.11. The van der Waals surface area contributed by atoms with Crippen molar-refractivity contribution in [3.05, 3.63) is 0 Å². The van der Waals surface area contributed by atoms with Crippen LogP contribution in [0.1, 0.15) is 51.4 Å². The van der Waals surface area contributed by atoms with Gasteiger partial charge in [0.25, 0.3) is 0 Å². The van der Waals surface area contributed by atoms with Crippen molar-refractivity contribution in [2.45, 2.75) is 56.6 Å². The Morgan fingerprint density at radius 2 is 1.82 bits per heavy atom. The highest BCUT2D eigenvalue weighted by molar-refractivity contribution is 7.90. The molecule has 1 aliphatic carbocycles. The molecule has 1 aliphatic rings. The van der Waals surface area contributed by atoms with Crippen molar-refractivity contribution < 1.29 is 18.3 Å². The molecule has 0 amide bonds. The molecule has 0 aromatic heterocycles. The highest BCUT2D eigenvalue weighted by atomic mass is 32.2. The van der Waals surface area contributed by atoms with Gasteiger partial charge in [0.05, 0.1) is 5.25 Å². The summed E-state index contributed by atoms with van der Waals surface area (Å²) in [6.45, 7) is 0.429. The van der Waals surface area contributed by atoms with Crippen molar-refractivity contribution in [3.63, 3.8) is 0 Å². The number of nitrogens with one attached hydrogen (secondary N) is 1. The molecule has 2 N–H and O–H groups in total. The second kappa shape index (κ2) is 6.96. The molecule has 0 spiro atoms. The van der Waals surface area contributed by atoms with Crippen molar-refractivity contribution in [2.75, 3.05) is 6.54 Å². The standard InChI is InChI=1S/C11H21NO4S/c13-11(14)8-2-1-5-9-12-17(15,16)10-6-3-4-7-10/h10,12H,1-9H2,(H,13,14). The van der Waals surface area contributed by atoms with Crippen LogP contribution >= 0.6 is 0 Å². The summed E-state index contributed by atoms with van der Waals surface area (Å²) in [6, 6.07) is 0. The molecule has 1 rings (SSSR count). The Hall–Kier alpha value is -0.620. The van der Waals surface area contributed by atoms with Gasteiger partial charge in [0, 0.05) is 13.0 Å². The summed E-state index contributed by atoms with van der Waals surface area (Å²) in [4.78, 5) is 10.3. The summed E-state index contributed by atoms with van der Waals surface area (Å²) in [7, 11) is -3.13. The minimum atomic E-state index is -3.13. The molecule has 1 saturated carbocycles. The minimum absolute atomic E-state index is 0.162. The van der Waals surface area contributed by atoms with E-state index >= 15 is 0 Å². The molecule has 1 fully saturated rings. The molecule has 0 bridgehead atoms. The number of sulfonamides is 1. The molecule has 6 heteroatoms. The number of carboxylic acids is 1. The maximum atomic E-state index is 11.8. The van der Waals surface area contributed by atoms with Crippen molar-refractivity contribution in [3.8, 4) is 0 Å². The van der Waals surface area contributed by atoms with E-state index < -0.39 is 16.0 Å². The summed E-state index contributed by atoms with van der Waals surface area (Å²) in [6.07, 6.45) is 5.78. The van der Waals surface area contributed by atoms with E-state index in [0.717, 1.165) is 32.1 Å². The van der Waals surface area contributed by atoms with Crippen LogP contribution < -0.4 is 4.72 Å². The molecule has 0 heterocycles. The van der Waals surface area contributed by atoms with E-state index in [9.17, 15) is 13.2 Å². The van der Waals surface area contributed by atoms with Gasteiger partial charge in [-0.15, -0.1) is 0 Å². The normalized spacial score (nSPS) is 17.4. The smallest absolute Gasteiger partial charge is 0.303 e. The van der Waals surface area contributed by atoms with Gasteiger partial charge in [0.1, 0.15) is 0 Å². The van der Waals surface area contributed by atoms with Gasteiger partial charge in [0.15, 0.2) is 0 Å². The molecule has 100 valence electrons. The highest BCUT2D eigenvalue weighted by Gasteiger charge is 2.27. The van der Waals surface area contributed by atoms with E-state index in [1.165, 1.54) is 0 Å². The zero-order chi connectivity index (χ0) is 12.7. The number of hydrogen-bond donors (Lipinski definition) is 2. The van der Waals surface area contributed by atoms with Gasteiger partial charge in [-0.05, 0) is 25.7 Å². The molecule has 0 aliphatic heterocycles. The molecule has 0 aromatic carbocycles. The van der Waals surface area contributed by atoms with Gasteiger partial charge in [-0.25, -0.2) is 13.1 Å². The van der Waals surface area contributed by atoms with E-state index in [4.69, 9.17) is 5.11 Å². The van der Waals surface area contributed by atoms with Gasteiger partial charge in [-0.1, -0.05) is 19.3 Å². The zero-order valence-electron chi connectivity index (χ0n) is 10.0. The lowest BCUT2D eigenvalue weighted by Crippen LogP contribution is -2.33. The molecular weight excluding hydrogens is 242 g/mol. The summed E-state index contributed by atoms with van der Waals surface area (Å²) in [5.41, 5.74) is 0.